The SMILES string of the molecule is CC(=O)C1C(=O)C(C(C)C)[C@@]2(C)[C@H](O)[C@]3(C)C(C(=O)c4c(ccc(CC5CCCCC5)c4O)[C@H]3C)C(=O)[C@@]2(O)C1=O. The summed E-state index contributed by atoms with van der Waals surface area (Å²) >= 11 is 0. The van der Waals surface area contributed by atoms with Crippen LogP contribution < -0.4 is 0 Å². The van der Waals surface area contributed by atoms with Gasteiger partial charge in [-0.3, -0.25) is 24.0 Å². The lowest BCUT2D eigenvalue weighted by Crippen LogP contribution is -2.81. The molecule has 41 heavy (non-hydrogen) atoms. The molecular formula is C33H42O8. The summed E-state index contributed by atoms with van der Waals surface area (Å²) < 4.78 is 0. The molecule has 3 saturated carbocycles. The molecular weight excluding hydrogens is 524 g/mol. The highest BCUT2D eigenvalue weighted by molar-refractivity contribution is 6.33. The van der Waals surface area contributed by atoms with Crippen LogP contribution in [0.2, 0.25) is 0 Å². The third-order valence-electron chi connectivity index (χ3n) is 11.5. The molecule has 0 aromatic heterocycles. The fraction of sp³-hybridized carbons (Fsp3) is 0.667. The minimum absolute atomic E-state index is 0.0103. The first-order valence-electron chi connectivity index (χ1n) is 15.0. The minimum Gasteiger partial charge on any atom is -0.507 e. The molecule has 4 aliphatic carbocycles. The summed E-state index contributed by atoms with van der Waals surface area (Å²) in [6.45, 7) is 9.15. The standard InChI is InChI=1S/C33H42O8/c1-15(2)23-26(36)21(17(4)34)28(38)33(41)29(39)24-27(37)22-20(16(3)31(24,5)30(40)32(23,33)6)13-12-19(25(22)35)14-18-10-8-7-9-11-18/h12-13,15-16,18,21,23-24,30,35,40-41H,7-11,14H2,1-6H3/t16-,21?,23?,24?,30-,31+,32+,33+/m1/s1. The molecule has 1 aromatic carbocycles. The summed E-state index contributed by atoms with van der Waals surface area (Å²) in [6.07, 6.45) is 4.43. The van der Waals surface area contributed by atoms with Crippen molar-refractivity contribution in [2.24, 2.45) is 40.4 Å². The normalized spacial score (nSPS) is 39.4. The van der Waals surface area contributed by atoms with Gasteiger partial charge in [-0.25, -0.2) is 0 Å². The molecule has 8 atom stereocenters. The zero-order chi connectivity index (χ0) is 30.4. The first kappa shape index (κ1) is 29.8. The number of aliphatic hydroxyl groups excluding tert-OH is 1. The monoisotopic (exact) mass is 566 g/mol. The maximum atomic E-state index is 14.5. The topological polar surface area (TPSA) is 146 Å². The first-order valence-corrected chi connectivity index (χ1v) is 15.0. The van der Waals surface area contributed by atoms with Gasteiger partial charge in [0.05, 0.1) is 17.6 Å². The van der Waals surface area contributed by atoms with Crippen molar-refractivity contribution in [2.75, 3.05) is 0 Å². The molecule has 0 radical (unpaired) electrons. The molecule has 0 spiro atoms. The fourth-order valence-electron chi connectivity index (χ4n) is 9.26. The summed E-state index contributed by atoms with van der Waals surface area (Å²) in [6, 6.07) is 3.59. The van der Waals surface area contributed by atoms with Crippen LogP contribution >= 0.6 is 0 Å². The van der Waals surface area contributed by atoms with E-state index in [1.165, 1.54) is 13.3 Å². The maximum Gasteiger partial charge on any atom is 0.191 e. The Kier molecular flexibility index (Phi) is 7.02. The molecule has 8 nitrogen and oxygen atoms in total. The van der Waals surface area contributed by atoms with E-state index in [0.717, 1.165) is 32.6 Å². The summed E-state index contributed by atoms with van der Waals surface area (Å²) in [5.41, 5.74) is -5.35. The van der Waals surface area contributed by atoms with E-state index in [9.17, 15) is 39.3 Å². The summed E-state index contributed by atoms with van der Waals surface area (Å²) in [5, 5.41) is 35.8. The quantitative estimate of drug-likeness (QED) is 0.467. The van der Waals surface area contributed by atoms with Crippen LogP contribution in [0.5, 0.6) is 5.75 Å². The molecule has 0 aliphatic heterocycles. The van der Waals surface area contributed by atoms with Crippen LogP contribution in [0.25, 0.3) is 0 Å². The number of carbonyl (C=O) groups is 5. The van der Waals surface area contributed by atoms with Crippen molar-refractivity contribution in [3.63, 3.8) is 0 Å². The van der Waals surface area contributed by atoms with E-state index in [4.69, 9.17) is 0 Å². The molecule has 8 heteroatoms. The van der Waals surface area contributed by atoms with Crippen molar-refractivity contribution in [3.8, 4) is 5.75 Å². The molecule has 222 valence electrons. The largest absolute Gasteiger partial charge is 0.507 e. The number of hydrogen-bond donors (Lipinski definition) is 3. The average molecular weight is 567 g/mol. The van der Waals surface area contributed by atoms with Gasteiger partial charge in [-0.1, -0.05) is 78.9 Å². The predicted molar refractivity (Wildman–Crippen MR) is 149 cm³/mol. The molecule has 4 aliphatic rings. The second-order valence-corrected chi connectivity index (χ2v) is 13.9. The smallest absolute Gasteiger partial charge is 0.191 e. The first-order chi connectivity index (χ1) is 19.1. The van der Waals surface area contributed by atoms with Crippen molar-refractivity contribution in [1.82, 2.24) is 0 Å². The Bertz CT molecular complexity index is 1350. The van der Waals surface area contributed by atoms with Crippen molar-refractivity contribution >= 4 is 28.9 Å². The Morgan fingerprint density at radius 3 is 2.20 bits per heavy atom. The zero-order valence-electron chi connectivity index (χ0n) is 24.8. The van der Waals surface area contributed by atoms with E-state index in [1.54, 1.807) is 33.8 Å². The van der Waals surface area contributed by atoms with E-state index < -0.39 is 81.0 Å². The number of phenolic OH excluding ortho intramolecular Hbond substituents is 1. The average Bonchev–Trinajstić information content (AvgIpc) is 2.90. The zero-order valence-corrected chi connectivity index (χ0v) is 24.8. The molecule has 1 aromatic rings. The molecule has 0 amide bonds. The molecule has 5 rings (SSSR count). The number of phenols is 1. The van der Waals surface area contributed by atoms with Crippen molar-refractivity contribution < 1.29 is 39.3 Å². The Morgan fingerprint density at radius 1 is 1.02 bits per heavy atom. The number of benzene rings is 1. The number of fused-ring (bicyclic) bond motifs is 3. The van der Waals surface area contributed by atoms with Gasteiger partial charge in [0.1, 0.15) is 17.5 Å². The maximum absolute atomic E-state index is 14.5. The molecule has 3 fully saturated rings. The number of rotatable bonds is 4. The molecule has 3 N–H and O–H groups in total. The van der Waals surface area contributed by atoms with Crippen molar-refractivity contribution in [3.05, 3.63) is 28.8 Å². The van der Waals surface area contributed by atoms with Gasteiger partial charge in [0.25, 0.3) is 0 Å². The minimum atomic E-state index is -2.95. The van der Waals surface area contributed by atoms with Crippen LogP contribution in [0.4, 0.5) is 0 Å². The fourth-order valence-corrected chi connectivity index (χ4v) is 9.26. The molecule has 0 saturated heterocycles. The predicted octanol–water partition coefficient (Wildman–Crippen LogP) is 3.75. The van der Waals surface area contributed by atoms with Crippen LogP contribution in [0, 0.1) is 40.4 Å². The number of aromatic hydroxyl groups is 1. The van der Waals surface area contributed by atoms with Crippen LogP contribution in [0.1, 0.15) is 101 Å². The van der Waals surface area contributed by atoms with Crippen molar-refractivity contribution in [2.45, 2.75) is 97.7 Å². The lowest BCUT2D eigenvalue weighted by molar-refractivity contribution is -0.240. The third-order valence-corrected chi connectivity index (χ3v) is 11.5. The molecule has 0 heterocycles. The molecule has 3 unspecified atom stereocenters. The van der Waals surface area contributed by atoms with Gasteiger partial charge in [0.15, 0.2) is 28.7 Å². The van der Waals surface area contributed by atoms with E-state index in [1.807, 2.05) is 6.07 Å². The van der Waals surface area contributed by atoms with Gasteiger partial charge < -0.3 is 15.3 Å². The Morgan fingerprint density at radius 2 is 1.63 bits per heavy atom. The van der Waals surface area contributed by atoms with E-state index in [0.29, 0.717) is 23.5 Å². The number of aliphatic hydroxyl groups is 2. The highest BCUT2D eigenvalue weighted by Crippen LogP contribution is 2.66. The number of carbonyl (C=O) groups excluding carboxylic acids is 5. The van der Waals surface area contributed by atoms with Gasteiger partial charge in [-0.2, -0.15) is 0 Å². The number of hydrogen-bond acceptors (Lipinski definition) is 8. The number of Topliss-reactive ketones (excluding diaryl/α,β-unsaturated/α-hetero) is 5. The highest BCUT2D eigenvalue weighted by atomic mass is 16.3. The Balaban J connectivity index is 1.70. The second kappa shape index (κ2) is 9.66. The summed E-state index contributed by atoms with van der Waals surface area (Å²) in [4.78, 5) is 68.8. The van der Waals surface area contributed by atoms with Crippen LogP contribution in [0.3, 0.4) is 0 Å². The van der Waals surface area contributed by atoms with E-state index in [2.05, 4.69) is 0 Å². The third kappa shape index (κ3) is 3.62. The van der Waals surface area contributed by atoms with Crippen LogP contribution in [-0.2, 0) is 25.6 Å². The Hall–Kier alpha value is -2.71. The lowest BCUT2D eigenvalue weighted by atomic mass is 9.37. The van der Waals surface area contributed by atoms with Gasteiger partial charge in [-0.15, -0.1) is 0 Å². The van der Waals surface area contributed by atoms with Crippen molar-refractivity contribution in [1.29, 1.82) is 0 Å². The van der Waals surface area contributed by atoms with Gasteiger partial charge in [0.2, 0.25) is 0 Å². The Labute approximate surface area is 240 Å². The van der Waals surface area contributed by atoms with Crippen LogP contribution in [0.15, 0.2) is 12.1 Å². The molecule has 0 bridgehead atoms. The highest BCUT2D eigenvalue weighted by Gasteiger charge is 2.80. The van der Waals surface area contributed by atoms with Gasteiger partial charge >= 0.3 is 0 Å². The summed E-state index contributed by atoms with van der Waals surface area (Å²) in [5.74, 6) is -10.4. The van der Waals surface area contributed by atoms with E-state index in [-0.39, 0.29) is 11.3 Å². The van der Waals surface area contributed by atoms with Crippen LogP contribution in [-0.4, -0.2) is 55.9 Å². The second-order valence-electron chi connectivity index (χ2n) is 13.9. The summed E-state index contributed by atoms with van der Waals surface area (Å²) in [7, 11) is 0. The van der Waals surface area contributed by atoms with E-state index >= 15 is 0 Å². The van der Waals surface area contributed by atoms with Gasteiger partial charge in [0, 0.05) is 16.7 Å². The van der Waals surface area contributed by atoms with Gasteiger partial charge in [-0.05, 0) is 42.2 Å². The number of ketones is 5. The lowest BCUT2D eigenvalue weighted by Gasteiger charge is -2.65.